The standard InChI is InChI=1S/C32H42FN5O4S/c1-18-25(43-17-36-18)19-9-10-20(21(13-19)14-30(2,3)4)15-35-27(40)24-23(33)22(39)16-38(24)28(41)26(31(5,6)7)37-29(42)32(34-8)11-12-32/h9-10,13,17,22-24,26,39H,11-12,14-16H2,1-7H3,(H,35,40)(H,37,42)/t22-,23-,24-,26+/m0/s1. The third kappa shape index (κ3) is 7.07. The Bertz CT molecular complexity index is 1430. The fourth-order valence-electron chi connectivity index (χ4n) is 5.44. The third-order valence-corrected chi connectivity index (χ3v) is 9.05. The summed E-state index contributed by atoms with van der Waals surface area (Å²) in [6.07, 6.45) is -1.98. The lowest BCUT2D eigenvalue weighted by atomic mass is 9.85. The second-order valence-corrected chi connectivity index (χ2v) is 14.9. The van der Waals surface area contributed by atoms with E-state index >= 15 is 4.39 Å². The molecule has 0 unspecified atom stereocenters. The Morgan fingerprint density at radius 3 is 2.42 bits per heavy atom. The third-order valence-electron chi connectivity index (χ3n) is 8.08. The molecule has 1 aromatic heterocycles. The summed E-state index contributed by atoms with van der Waals surface area (Å²) in [6, 6.07) is 3.35. The van der Waals surface area contributed by atoms with Gasteiger partial charge in [-0.25, -0.2) is 15.9 Å². The lowest BCUT2D eigenvalue weighted by Gasteiger charge is -2.35. The van der Waals surface area contributed by atoms with Crippen molar-refractivity contribution in [2.75, 3.05) is 6.54 Å². The van der Waals surface area contributed by atoms with Gasteiger partial charge in [-0.1, -0.05) is 53.7 Å². The van der Waals surface area contributed by atoms with Gasteiger partial charge in [0, 0.05) is 19.4 Å². The van der Waals surface area contributed by atoms with Crippen LogP contribution >= 0.6 is 11.3 Å². The van der Waals surface area contributed by atoms with Crippen LogP contribution in [0, 0.1) is 24.3 Å². The number of aromatic nitrogens is 1. The number of benzene rings is 1. The molecule has 1 saturated carbocycles. The van der Waals surface area contributed by atoms with Crippen LogP contribution in [0.2, 0.25) is 0 Å². The molecule has 0 radical (unpaired) electrons. The van der Waals surface area contributed by atoms with Crippen LogP contribution < -0.4 is 10.6 Å². The average molecular weight is 612 g/mol. The molecule has 4 rings (SSSR count). The number of β-amino-alcohol motifs (C(OH)–C–C–N with tert-alkyl or cyclic N) is 1. The van der Waals surface area contributed by atoms with Crippen molar-refractivity contribution < 1.29 is 23.9 Å². The van der Waals surface area contributed by atoms with Gasteiger partial charge in [-0.05, 0) is 46.9 Å². The molecule has 2 heterocycles. The van der Waals surface area contributed by atoms with Gasteiger partial charge in [0.2, 0.25) is 11.8 Å². The number of likely N-dealkylation sites (tertiary alicyclic amines) is 1. The highest BCUT2D eigenvalue weighted by molar-refractivity contribution is 7.13. The Kier molecular flexibility index (Phi) is 9.06. The summed E-state index contributed by atoms with van der Waals surface area (Å²) in [5, 5.41) is 15.9. The van der Waals surface area contributed by atoms with Gasteiger partial charge < -0.3 is 20.6 Å². The molecule has 2 fully saturated rings. The van der Waals surface area contributed by atoms with E-state index in [-0.39, 0.29) is 18.5 Å². The van der Waals surface area contributed by atoms with Gasteiger partial charge in [-0.3, -0.25) is 19.2 Å². The summed E-state index contributed by atoms with van der Waals surface area (Å²) < 4.78 is 15.4. The summed E-state index contributed by atoms with van der Waals surface area (Å²) in [4.78, 5) is 50.1. The smallest absolute Gasteiger partial charge is 0.309 e. The fraction of sp³-hybridized carbons (Fsp3) is 0.594. The topological polar surface area (TPSA) is 116 Å². The summed E-state index contributed by atoms with van der Waals surface area (Å²) in [6.45, 7) is 20.7. The molecule has 2 aliphatic rings. The molecule has 3 N–H and O–H groups in total. The molecule has 1 aromatic carbocycles. The number of aliphatic hydroxyl groups is 1. The van der Waals surface area contributed by atoms with E-state index < -0.39 is 53.0 Å². The van der Waals surface area contributed by atoms with Crippen LogP contribution in [0.15, 0.2) is 23.7 Å². The fourth-order valence-corrected chi connectivity index (χ4v) is 6.24. The number of nitrogens with one attached hydrogen (secondary N) is 2. The van der Waals surface area contributed by atoms with E-state index in [1.165, 1.54) is 0 Å². The summed E-state index contributed by atoms with van der Waals surface area (Å²) in [5.41, 5.74) is 3.68. The van der Waals surface area contributed by atoms with Gasteiger partial charge in [0.05, 0.1) is 22.6 Å². The number of thiazole rings is 1. The Morgan fingerprint density at radius 2 is 1.88 bits per heavy atom. The van der Waals surface area contributed by atoms with E-state index in [9.17, 15) is 19.5 Å². The number of hydrogen-bond acceptors (Lipinski definition) is 6. The van der Waals surface area contributed by atoms with Crippen molar-refractivity contribution in [1.29, 1.82) is 0 Å². The van der Waals surface area contributed by atoms with Crippen molar-refractivity contribution in [3.05, 3.63) is 51.9 Å². The van der Waals surface area contributed by atoms with Crippen molar-refractivity contribution in [3.8, 4) is 10.4 Å². The number of carbonyl (C=O) groups is 3. The van der Waals surface area contributed by atoms with E-state index in [4.69, 9.17) is 6.57 Å². The average Bonchev–Trinajstić information content (AvgIpc) is 3.51. The van der Waals surface area contributed by atoms with Crippen molar-refractivity contribution in [1.82, 2.24) is 20.5 Å². The SMILES string of the molecule is [C-]#[N+]C1(C(=O)N[C@H](C(=O)N2C[C@H](O)[C@H](F)[C@H]2C(=O)NCc2ccc(-c3scnc3C)cc2CC(C)(C)C)C(C)(C)C)CC1. The molecule has 4 atom stereocenters. The molecular formula is C32H42FN5O4S. The van der Waals surface area contributed by atoms with Crippen molar-refractivity contribution >= 4 is 29.1 Å². The van der Waals surface area contributed by atoms with Crippen LogP contribution in [0.4, 0.5) is 4.39 Å². The van der Waals surface area contributed by atoms with Gasteiger partial charge in [0.15, 0.2) is 6.17 Å². The molecule has 1 aliphatic carbocycles. The molecule has 43 heavy (non-hydrogen) atoms. The van der Waals surface area contributed by atoms with Crippen molar-refractivity contribution in [2.45, 2.75) is 104 Å². The van der Waals surface area contributed by atoms with Crippen LogP contribution in [-0.2, 0) is 27.3 Å². The lowest BCUT2D eigenvalue weighted by molar-refractivity contribution is -0.145. The van der Waals surface area contributed by atoms with E-state index in [0.717, 1.165) is 38.6 Å². The minimum absolute atomic E-state index is 0.0400. The first-order chi connectivity index (χ1) is 20.0. The highest BCUT2D eigenvalue weighted by Gasteiger charge is 2.60. The number of carbonyl (C=O) groups excluding carboxylic acids is 3. The first-order valence-electron chi connectivity index (χ1n) is 14.6. The second-order valence-electron chi connectivity index (χ2n) is 14.1. The van der Waals surface area contributed by atoms with Crippen molar-refractivity contribution in [3.63, 3.8) is 0 Å². The number of halogens is 1. The molecule has 9 nitrogen and oxygen atoms in total. The first kappa shape index (κ1) is 32.6. The molecule has 3 amide bonds. The zero-order chi connectivity index (χ0) is 31.9. The molecule has 232 valence electrons. The van der Waals surface area contributed by atoms with E-state index in [0.29, 0.717) is 12.8 Å². The Labute approximate surface area is 257 Å². The molecule has 0 bridgehead atoms. The van der Waals surface area contributed by atoms with Gasteiger partial charge in [0.1, 0.15) is 18.2 Å². The number of rotatable bonds is 8. The van der Waals surface area contributed by atoms with Gasteiger partial charge in [0.25, 0.3) is 0 Å². The number of aliphatic hydroxyl groups excluding tert-OH is 1. The summed E-state index contributed by atoms with van der Waals surface area (Å²) in [7, 11) is 0. The molecule has 1 saturated heterocycles. The molecule has 2 aromatic rings. The zero-order valence-electron chi connectivity index (χ0n) is 26.0. The molecule has 1 aliphatic heterocycles. The number of nitrogens with zero attached hydrogens (tertiary/aromatic N) is 3. The Hall–Kier alpha value is -3.36. The number of hydrogen-bond donors (Lipinski definition) is 3. The lowest BCUT2D eigenvalue weighted by Crippen LogP contribution is -2.59. The maximum atomic E-state index is 15.4. The number of amides is 3. The zero-order valence-corrected chi connectivity index (χ0v) is 26.8. The van der Waals surface area contributed by atoms with E-state index in [1.54, 1.807) is 32.1 Å². The normalized spacial score (nSPS) is 22.0. The number of aryl methyl sites for hydroxylation is 1. The Balaban J connectivity index is 1.55. The first-order valence-corrected chi connectivity index (χ1v) is 15.5. The van der Waals surface area contributed by atoms with E-state index in [2.05, 4.69) is 47.3 Å². The highest BCUT2D eigenvalue weighted by atomic mass is 32.1. The van der Waals surface area contributed by atoms with Crippen LogP contribution in [0.25, 0.3) is 15.3 Å². The maximum absolute atomic E-state index is 15.4. The van der Waals surface area contributed by atoms with Crippen LogP contribution in [0.1, 0.15) is 71.2 Å². The Morgan fingerprint density at radius 1 is 1.21 bits per heavy atom. The van der Waals surface area contributed by atoms with E-state index in [1.807, 2.05) is 24.6 Å². The minimum Gasteiger partial charge on any atom is -0.388 e. The largest absolute Gasteiger partial charge is 0.388 e. The minimum atomic E-state index is -2.00. The molecular weight excluding hydrogens is 569 g/mol. The number of alkyl halides is 1. The predicted molar refractivity (Wildman–Crippen MR) is 164 cm³/mol. The highest BCUT2D eigenvalue weighted by Crippen LogP contribution is 2.41. The molecule has 0 spiro atoms. The van der Waals surface area contributed by atoms with Crippen LogP contribution in [0.3, 0.4) is 0 Å². The van der Waals surface area contributed by atoms with Gasteiger partial charge >= 0.3 is 11.4 Å². The predicted octanol–water partition coefficient (Wildman–Crippen LogP) is 4.22. The maximum Gasteiger partial charge on any atom is 0.309 e. The summed E-state index contributed by atoms with van der Waals surface area (Å²) >= 11 is 1.56. The van der Waals surface area contributed by atoms with Crippen LogP contribution in [-0.4, -0.2) is 69.2 Å². The summed E-state index contributed by atoms with van der Waals surface area (Å²) in [5.74, 6) is -1.93. The van der Waals surface area contributed by atoms with Crippen LogP contribution in [0.5, 0.6) is 0 Å². The quantitative estimate of drug-likeness (QED) is 0.387. The monoisotopic (exact) mass is 611 g/mol. The second kappa shape index (κ2) is 12.0. The van der Waals surface area contributed by atoms with Gasteiger partial charge in [-0.15, -0.1) is 11.3 Å². The van der Waals surface area contributed by atoms with Gasteiger partial charge in [-0.2, -0.15) is 0 Å². The molecule has 11 heteroatoms. The van der Waals surface area contributed by atoms with Crippen molar-refractivity contribution in [2.24, 2.45) is 10.8 Å².